The molecule has 0 aliphatic rings. The molecule has 114 valence electrons. The van der Waals surface area contributed by atoms with E-state index in [1.54, 1.807) is 18.2 Å². The molecule has 0 saturated heterocycles. The van der Waals surface area contributed by atoms with Gasteiger partial charge in [-0.1, -0.05) is 13.8 Å². The highest BCUT2D eigenvalue weighted by Crippen LogP contribution is 2.19. The Morgan fingerprint density at radius 1 is 1.24 bits per heavy atom. The summed E-state index contributed by atoms with van der Waals surface area (Å²) in [5.74, 6) is 0.946. The third-order valence-electron chi connectivity index (χ3n) is 2.86. The maximum Gasteiger partial charge on any atom is 0.263 e. The number of rotatable bonds is 7. The van der Waals surface area contributed by atoms with Gasteiger partial charge in [0, 0.05) is 11.8 Å². The number of nitrogens with one attached hydrogen (secondary N) is 2. The first kappa shape index (κ1) is 15.4. The zero-order valence-electron chi connectivity index (χ0n) is 12.1. The number of aromatic amines is 1. The number of nitrogens with zero attached hydrogens (tertiary/aromatic N) is 1. The van der Waals surface area contributed by atoms with Crippen LogP contribution in [0.1, 0.15) is 26.0 Å². The van der Waals surface area contributed by atoms with Gasteiger partial charge >= 0.3 is 0 Å². The Bertz CT molecular complexity index is 678. The second-order valence-corrected chi connectivity index (χ2v) is 6.24. The zero-order chi connectivity index (χ0) is 15.3. The average molecular weight is 309 g/mol. The summed E-state index contributed by atoms with van der Waals surface area (Å²) in [7, 11) is -3.63. The molecule has 0 radical (unpaired) electrons. The van der Waals surface area contributed by atoms with E-state index in [0.717, 1.165) is 18.5 Å². The van der Waals surface area contributed by atoms with Gasteiger partial charge in [-0.05, 0) is 37.1 Å². The molecule has 0 bridgehead atoms. The predicted molar refractivity (Wildman–Crippen MR) is 81.0 cm³/mol. The highest BCUT2D eigenvalue weighted by atomic mass is 32.2. The summed E-state index contributed by atoms with van der Waals surface area (Å²) in [4.78, 5) is 0.174. The third kappa shape index (κ3) is 3.98. The molecule has 0 unspecified atom stereocenters. The predicted octanol–water partition coefficient (Wildman–Crippen LogP) is 2.56. The van der Waals surface area contributed by atoms with Crippen LogP contribution in [0.25, 0.3) is 0 Å². The van der Waals surface area contributed by atoms with Crippen LogP contribution in [0.5, 0.6) is 5.75 Å². The normalized spacial score (nSPS) is 11.3. The molecule has 0 aliphatic heterocycles. The van der Waals surface area contributed by atoms with Crippen molar-refractivity contribution in [3.8, 4) is 5.75 Å². The molecule has 0 fully saturated rings. The van der Waals surface area contributed by atoms with Crippen LogP contribution >= 0.6 is 0 Å². The summed E-state index contributed by atoms with van der Waals surface area (Å²) >= 11 is 0. The molecule has 2 N–H and O–H groups in total. The number of aromatic nitrogens is 2. The Morgan fingerprint density at radius 3 is 2.52 bits per heavy atom. The van der Waals surface area contributed by atoms with Gasteiger partial charge in [-0.3, -0.25) is 9.82 Å². The number of hydrogen-bond donors (Lipinski definition) is 2. The standard InChI is InChI=1S/C14H19N3O3S/c1-3-9-20-12-5-7-13(8-6-12)21(18,19)17-14-10-11(4-2)15-16-14/h5-8,10H,3-4,9H2,1-2H3,(H2,15,16,17). The van der Waals surface area contributed by atoms with Gasteiger partial charge in [-0.15, -0.1) is 0 Å². The number of benzene rings is 1. The maximum absolute atomic E-state index is 12.2. The van der Waals surface area contributed by atoms with E-state index in [-0.39, 0.29) is 10.7 Å². The summed E-state index contributed by atoms with van der Waals surface area (Å²) in [6.45, 7) is 4.58. The van der Waals surface area contributed by atoms with Crippen LogP contribution in [0.4, 0.5) is 5.82 Å². The fourth-order valence-corrected chi connectivity index (χ4v) is 2.72. The van der Waals surface area contributed by atoms with Gasteiger partial charge in [0.05, 0.1) is 11.5 Å². The summed E-state index contributed by atoms with van der Waals surface area (Å²) in [5, 5.41) is 6.68. The smallest absolute Gasteiger partial charge is 0.263 e. The van der Waals surface area contributed by atoms with Gasteiger partial charge < -0.3 is 4.74 Å². The van der Waals surface area contributed by atoms with E-state index in [9.17, 15) is 8.42 Å². The lowest BCUT2D eigenvalue weighted by atomic mass is 10.3. The molecule has 1 aromatic heterocycles. The Labute approximate surface area is 124 Å². The largest absolute Gasteiger partial charge is 0.494 e. The minimum Gasteiger partial charge on any atom is -0.494 e. The Morgan fingerprint density at radius 2 is 1.95 bits per heavy atom. The van der Waals surface area contributed by atoms with Crippen LogP contribution in [-0.2, 0) is 16.4 Å². The Hall–Kier alpha value is -2.02. The van der Waals surface area contributed by atoms with Crippen molar-refractivity contribution in [1.82, 2.24) is 10.2 Å². The van der Waals surface area contributed by atoms with E-state index in [1.807, 2.05) is 13.8 Å². The fourth-order valence-electron chi connectivity index (χ4n) is 1.73. The second-order valence-electron chi connectivity index (χ2n) is 4.56. The van der Waals surface area contributed by atoms with Gasteiger partial charge in [0.1, 0.15) is 5.75 Å². The van der Waals surface area contributed by atoms with E-state index in [0.29, 0.717) is 12.4 Å². The van der Waals surface area contributed by atoms with Gasteiger partial charge in [0.25, 0.3) is 10.0 Å². The number of hydrogen-bond acceptors (Lipinski definition) is 4. The highest BCUT2D eigenvalue weighted by molar-refractivity contribution is 7.92. The summed E-state index contributed by atoms with van der Waals surface area (Å²) in [5.41, 5.74) is 0.871. The topological polar surface area (TPSA) is 84.1 Å². The second kappa shape index (κ2) is 6.62. The van der Waals surface area contributed by atoms with Crippen LogP contribution in [0.15, 0.2) is 35.2 Å². The van der Waals surface area contributed by atoms with Crippen LogP contribution < -0.4 is 9.46 Å². The molecular formula is C14H19N3O3S. The molecule has 0 spiro atoms. The molecular weight excluding hydrogens is 290 g/mol. The fraction of sp³-hybridized carbons (Fsp3) is 0.357. The average Bonchev–Trinajstić information content (AvgIpc) is 2.92. The highest BCUT2D eigenvalue weighted by Gasteiger charge is 2.15. The number of anilines is 1. The van der Waals surface area contributed by atoms with Crippen molar-refractivity contribution >= 4 is 15.8 Å². The molecule has 0 saturated carbocycles. The first-order valence-electron chi connectivity index (χ1n) is 6.85. The lowest BCUT2D eigenvalue weighted by Gasteiger charge is -2.07. The molecule has 1 aromatic carbocycles. The molecule has 21 heavy (non-hydrogen) atoms. The lowest BCUT2D eigenvalue weighted by molar-refractivity contribution is 0.317. The van der Waals surface area contributed by atoms with Gasteiger partial charge in [-0.2, -0.15) is 5.10 Å². The van der Waals surface area contributed by atoms with Gasteiger partial charge in [0.15, 0.2) is 5.82 Å². The van der Waals surface area contributed by atoms with E-state index < -0.39 is 10.0 Å². The molecule has 1 heterocycles. The molecule has 0 aliphatic carbocycles. The van der Waals surface area contributed by atoms with Gasteiger partial charge in [0.2, 0.25) is 0 Å². The van der Waals surface area contributed by atoms with Crippen LogP contribution in [0, 0.1) is 0 Å². The van der Waals surface area contributed by atoms with E-state index in [2.05, 4.69) is 14.9 Å². The minimum atomic E-state index is -3.63. The van der Waals surface area contributed by atoms with Crippen molar-refractivity contribution in [3.63, 3.8) is 0 Å². The molecule has 0 amide bonds. The molecule has 7 heteroatoms. The third-order valence-corrected chi connectivity index (χ3v) is 4.23. The molecule has 0 atom stereocenters. The Kier molecular flexibility index (Phi) is 4.85. The van der Waals surface area contributed by atoms with Gasteiger partial charge in [-0.25, -0.2) is 8.42 Å². The number of sulfonamides is 1. The number of H-pyrrole nitrogens is 1. The minimum absolute atomic E-state index is 0.174. The number of ether oxygens (including phenoxy) is 1. The van der Waals surface area contributed by atoms with Crippen molar-refractivity contribution < 1.29 is 13.2 Å². The zero-order valence-corrected chi connectivity index (χ0v) is 12.9. The Balaban J connectivity index is 2.11. The number of aryl methyl sites for hydroxylation is 1. The van der Waals surface area contributed by atoms with E-state index >= 15 is 0 Å². The van der Waals surface area contributed by atoms with Crippen molar-refractivity contribution in [2.75, 3.05) is 11.3 Å². The molecule has 2 rings (SSSR count). The first-order chi connectivity index (χ1) is 10.0. The monoisotopic (exact) mass is 309 g/mol. The quantitative estimate of drug-likeness (QED) is 0.823. The van der Waals surface area contributed by atoms with Crippen molar-refractivity contribution in [2.24, 2.45) is 0 Å². The summed E-state index contributed by atoms with van der Waals surface area (Å²) < 4.78 is 32.3. The summed E-state index contributed by atoms with van der Waals surface area (Å²) in [6, 6.07) is 8.00. The SMILES string of the molecule is CCCOc1ccc(S(=O)(=O)Nc2cc(CC)[nH]n2)cc1. The van der Waals surface area contributed by atoms with Crippen LogP contribution in [0.3, 0.4) is 0 Å². The van der Waals surface area contributed by atoms with E-state index in [1.165, 1.54) is 12.1 Å². The summed E-state index contributed by atoms with van der Waals surface area (Å²) in [6.07, 6.45) is 1.67. The van der Waals surface area contributed by atoms with Crippen molar-refractivity contribution in [2.45, 2.75) is 31.6 Å². The van der Waals surface area contributed by atoms with E-state index in [4.69, 9.17) is 4.74 Å². The molecule has 6 nitrogen and oxygen atoms in total. The lowest BCUT2D eigenvalue weighted by Crippen LogP contribution is -2.13. The first-order valence-corrected chi connectivity index (χ1v) is 8.33. The van der Waals surface area contributed by atoms with Crippen LogP contribution in [-0.4, -0.2) is 25.2 Å². The van der Waals surface area contributed by atoms with Crippen molar-refractivity contribution in [3.05, 3.63) is 36.0 Å². The maximum atomic E-state index is 12.2. The molecule has 2 aromatic rings. The van der Waals surface area contributed by atoms with Crippen molar-refractivity contribution in [1.29, 1.82) is 0 Å². The van der Waals surface area contributed by atoms with Crippen LogP contribution in [0.2, 0.25) is 0 Å².